The topological polar surface area (TPSA) is 110 Å². The van der Waals surface area contributed by atoms with Gasteiger partial charge in [0.1, 0.15) is 0 Å². The van der Waals surface area contributed by atoms with Gasteiger partial charge in [-0.05, 0) is 56.0 Å². The maximum Gasteiger partial charge on any atom is 0.290 e. The number of nitrogens with one attached hydrogen (secondary N) is 1. The van der Waals surface area contributed by atoms with Crippen LogP contribution >= 0.6 is 0 Å². The minimum Gasteiger partial charge on any atom is -0.483 e. The van der Waals surface area contributed by atoms with Crippen molar-refractivity contribution in [2.24, 2.45) is 11.8 Å². The fourth-order valence-electron chi connectivity index (χ4n) is 5.38. The molecule has 4 heterocycles. The van der Waals surface area contributed by atoms with Crippen LogP contribution in [0.2, 0.25) is 0 Å². The number of aryl methyl sites for hydroxylation is 1. The number of carbonyl (C=O) groups excluding carboxylic acids is 1. The molecule has 0 spiro atoms. The summed E-state index contributed by atoms with van der Waals surface area (Å²) in [4.78, 5) is 25.8. The van der Waals surface area contributed by atoms with Crippen LogP contribution in [0.1, 0.15) is 44.1 Å². The summed E-state index contributed by atoms with van der Waals surface area (Å²) in [6.45, 7) is 2.85. The van der Waals surface area contributed by atoms with Gasteiger partial charge in [0, 0.05) is 37.8 Å². The largest absolute Gasteiger partial charge is 0.483 e. The molecule has 156 valence electrons. The van der Waals surface area contributed by atoms with Crippen LogP contribution in [0.15, 0.2) is 12.4 Å². The van der Waals surface area contributed by atoms with Gasteiger partial charge in [-0.2, -0.15) is 5.10 Å². The quantitative estimate of drug-likeness (QED) is 0.648. The lowest BCUT2D eigenvalue weighted by Gasteiger charge is -2.56. The van der Waals surface area contributed by atoms with Crippen LogP contribution in [0.25, 0.3) is 0 Å². The van der Waals surface area contributed by atoms with E-state index in [4.69, 9.17) is 9.90 Å². The van der Waals surface area contributed by atoms with Gasteiger partial charge in [0.15, 0.2) is 0 Å². The van der Waals surface area contributed by atoms with Crippen molar-refractivity contribution in [1.29, 1.82) is 0 Å². The number of H-pyrrole nitrogens is 1. The molecule has 0 unspecified atom stereocenters. The van der Waals surface area contributed by atoms with Crippen molar-refractivity contribution in [1.82, 2.24) is 20.0 Å². The van der Waals surface area contributed by atoms with Gasteiger partial charge in [-0.15, -0.1) is 0 Å². The van der Waals surface area contributed by atoms with E-state index in [-0.39, 0.29) is 19.1 Å². The average molecular weight is 393 g/mol. The predicted molar refractivity (Wildman–Crippen MR) is 104 cm³/mol. The number of amides is 1. The van der Waals surface area contributed by atoms with Gasteiger partial charge in [-0.1, -0.05) is 6.42 Å². The molecule has 2 bridgehead atoms. The molecule has 3 N–H and O–H groups in total. The first kappa shape index (κ1) is 20.8. The summed E-state index contributed by atoms with van der Waals surface area (Å²) in [7, 11) is 0. The van der Waals surface area contributed by atoms with Crippen molar-refractivity contribution in [3.05, 3.63) is 18.0 Å². The first-order chi connectivity index (χ1) is 13.7. The van der Waals surface area contributed by atoms with Gasteiger partial charge in [0.05, 0.1) is 12.8 Å². The average Bonchev–Trinajstić information content (AvgIpc) is 3.22. The maximum absolute atomic E-state index is 12.7. The number of carboxylic acid groups (broad SMARTS) is 1. The van der Waals surface area contributed by atoms with Crippen molar-refractivity contribution in [2.45, 2.75) is 57.0 Å². The number of likely N-dealkylation sites (tertiary alicyclic amines) is 1. The van der Waals surface area contributed by atoms with Gasteiger partial charge in [0.25, 0.3) is 6.47 Å². The lowest BCUT2D eigenvalue weighted by atomic mass is 9.72. The number of carbonyl (C=O) groups is 2. The SMILES string of the molecule is O=C(CCCc1cn[nH]c1)N1C[C@H]2C[C@@H](C1)[C@H](CO)N1CCCC[C@@H]21.O=CO. The number of aromatic amines is 1. The van der Waals surface area contributed by atoms with Crippen molar-refractivity contribution in [2.75, 3.05) is 26.2 Å². The lowest BCUT2D eigenvalue weighted by molar-refractivity contribution is -0.142. The van der Waals surface area contributed by atoms with Crippen molar-refractivity contribution in [3.8, 4) is 0 Å². The third kappa shape index (κ3) is 4.72. The standard InChI is InChI=1S/C19H30N4O2.CH2O2/c24-13-18-16-8-15(17-5-1-2-7-23(17)18)11-22(12-16)19(25)6-3-4-14-9-20-21-10-14;2-1-3/h9-10,15-18,24H,1-8,11-13H2,(H,20,21);1H,(H,2,3)/t15-,16+,17+,18+;/m1./s1. The molecule has 0 saturated carbocycles. The molecule has 4 rings (SSSR count). The Labute approximate surface area is 165 Å². The molecule has 28 heavy (non-hydrogen) atoms. The molecular weight excluding hydrogens is 360 g/mol. The summed E-state index contributed by atoms with van der Waals surface area (Å²) >= 11 is 0. The summed E-state index contributed by atoms with van der Waals surface area (Å²) in [6.07, 6.45) is 11.1. The van der Waals surface area contributed by atoms with E-state index in [9.17, 15) is 9.90 Å². The van der Waals surface area contributed by atoms with Crippen LogP contribution in [0, 0.1) is 11.8 Å². The molecule has 3 fully saturated rings. The van der Waals surface area contributed by atoms with Crippen LogP contribution in [0.5, 0.6) is 0 Å². The molecule has 1 aromatic heterocycles. The molecular formula is C20H32N4O4. The lowest BCUT2D eigenvalue weighted by Crippen LogP contribution is -2.65. The second-order valence-corrected chi connectivity index (χ2v) is 8.17. The number of hydrogen-bond acceptors (Lipinski definition) is 5. The zero-order valence-corrected chi connectivity index (χ0v) is 16.4. The van der Waals surface area contributed by atoms with E-state index in [0.717, 1.165) is 32.5 Å². The monoisotopic (exact) mass is 392 g/mol. The molecule has 3 aliphatic rings. The highest BCUT2D eigenvalue weighted by atomic mass is 16.3. The van der Waals surface area contributed by atoms with E-state index in [1.807, 2.05) is 12.4 Å². The fraction of sp³-hybridized carbons (Fsp3) is 0.750. The van der Waals surface area contributed by atoms with Gasteiger partial charge in [-0.3, -0.25) is 19.6 Å². The number of hydrogen-bond donors (Lipinski definition) is 3. The minimum atomic E-state index is -0.250. The number of aromatic nitrogens is 2. The Morgan fingerprint density at radius 2 is 2.11 bits per heavy atom. The molecule has 0 aliphatic carbocycles. The Balaban J connectivity index is 0.000000706. The Morgan fingerprint density at radius 1 is 1.32 bits per heavy atom. The number of fused-ring (bicyclic) bond motifs is 4. The highest BCUT2D eigenvalue weighted by Gasteiger charge is 2.47. The van der Waals surface area contributed by atoms with E-state index in [1.165, 1.54) is 31.2 Å². The normalized spacial score (nSPS) is 29.4. The summed E-state index contributed by atoms with van der Waals surface area (Å²) in [5.74, 6) is 1.33. The number of rotatable bonds is 5. The summed E-state index contributed by atoms with van der Waals surface area (Å²) in [6, 6.07) is 0.826. The van der Waals surface area contributed by atoms with Crippen LogP contribution in [0.4, 0.5) is 0 Å². The molecule has 0 aromatic carbocycles. The molecule has 4 atom stereocenters. The van der Waals surface area contributed by atoms with E-state index in [1.54, 1.807) is 0 Å². The highest BCUT2D eigenvalue weighted by Crippen LogP contribution is 2.41. The molecule has 8 nitrogen and oxygen atoms in total. The first-order valence-electron chi connectivity index (χ1n) is 10.4. The van der Waals surface area contributed by atoms with Crippen LogP contribution in [-0.2, 0) is 16.0 Å². The molecule has 0 radical (unpaired) electrons. The van der Waals surface area contributed by atoms with Gasteiger partial charge in [0.2, 0.25) is 5.91 Å². The number of piperidine rings is 3. The molecule has 1 aromatic rings. The molecule has 8 heteroatoms. The first-order valence-corrected chi connectivity index (χ1v) is 10.4. The number of aliphatic hydroxyl groups is 1. The van der Waals surface area contributed by atoms with Crippen LogP contribution < -0.4 is 0 Å². The minimum absolute atomic E-state index is 0.233. The summed E-state index contributed by atoms with van der Waals surface area (Å²) in [5, 5.41) is 23.6. The highest BCUT2D eigenvalue weighted by molar-refractivity contribution is 5.76. The molecule has 1 amide bonds. The maximum atomic E-state index is 12.7. The Morgan fingerprint density at radius 3 is 2.82 bits per heavy atom. The Bertz CT molecular complexity index is 610. The zero-order chi connectivity index (χ0) is 19.9. The van der Waals surface area contributed by atoms with Gasteiger partial charge < -0.3 is 15.1 Å². The Hall–Kier alpha value is -1.93. The van der Waals surface area contributed by atoms with Crippen LogP contribution in [-0.4, -0.2) is 80.9 Å². The van der Waals surface area contributed by atoms with E-state index < -0.39 is 0 Å². The molecule has 3 saturated heterocycles. The van der Waals surface area contributed by atoms with Crippen molar-refractivity contribution < 1.29 is 19.8 Å². The second kappa shape index (κ2) is 10.0. The number of nitrogens with zero attached hydrogens (tertiary/aromatic N) is 3. The molecule has 3 aliphatic heterocycles. The summed E-state index contributed by atoms with van der Waals surface area (Å²) < 4.78 is 0. The van der Waals surface area contributed by atoms with E-state index in [2.05, 4.69) is 20.0 Å². The second-order valence-electron chi connectivity index (χ2n) is 8.17. The predicted octanol–water partition coefficient (Wildman–Crippen LogP) is 1.13. The smallest absolute Gasteiger partial charge is 0.290 e. The fourth-order valence-corrected chi connectivity index (χ4v) is 5.38. The van der Waals surface area contributed by atoms with Crippen LogP contribution in [0.3, 0.4) is 0 Å². The summed E-state index contributed by atoms with van der Waals surface area (Å²) in [5.41, 5.74) is 1.17. The third-order valence-electron chi connectivity index (χ3n) is 6.57. The Kier molecular flexibility index (Phi) is 7.44. The van der Waals surface area contributed by atoms with Gasteiger partial charge >= 0.3 is 0 Å². The van der Waals surface area contributed by atoms with Crippen molar-refractivity contribution in [3.63, 3.8) is 0 Å². The third-order valence-corrected chi connectivity index (χ3v) is 6.57. The van der Waals surface area contributed by atoms with E-state index >= 15 is 0 Å². The van der Waals surface area contributed by atoms with Gasteiger partial charge in [-0.25, -0.2) is 0 Å². The number of aliphatic hydroxyl groups excluding tert-OH is 1. The van der Waals surface area contributed by atoms with Crippen molar-refractivity contribution >= 4 is 12.4 Å². The zero-order valence-electron chi connectivity index (χ0n) is 16.4. The van der Waals surface area contributed by atoms with E-state index in [0.29, 0.717) is 30.2 Å².